The molecule has 0 saturated heterocycles. The number of methoxy groups -OCH3 is 1. The summed E-state index contributed by atoms with van der Waals surface area (Å²) in [6.45, 7) is 13.4. The first-order valence-corrected chi connectivity index (χ1v) is 8.19. The van der Waals surface area contributed by atoms with Gasteiger partial charge in [-0.1, -0.05) is 19.8 Å². The van der Waals surface area contributed by atoms with Crippen molar-refractivity contribution >= 4 is 0 Å². The van der Waals surface area contributed by atoms with E-state index in [4.69, 9.17) is 4.74 Å². The fourth-order valence-electron chi connectivity index (χ4n) is 3.12. The van der Waals surface area contributed by atoms with Crippen molar-refractivity contribution < 1.29 is 4.74 Å². The third-order valence-corrected chi connectivity index (χ3v) is 4.61. The fraction of sp³-hybridized carbons (Fsp3) is 1.00. The van der Waals surface area contributed by atoms with E-state index in [1.165, 1.54) is 32.2 Å². The predicted molar refractivity (Wildman–Crippen MR) is 87.2 cm³/mol. The highest BCUT2D eigenvalue weighted by atomic mass is 16.5. The summed E-state index contributed by atoms with van der Waals surface area (Å²) in [6.07, 6.45) is 5.47. The van der Waals surface area contributed by atoms with Gasteiger partial charge in [-0.15, -0.1) is 0 Å². The number of likely N-dealkylation sites (N-methyl/N-ethyl adjacent to an activating group) is 1. The molecule has 0 aromatic heterocycles. The molecule has 0 heterocycles. The highest BCUT2D eigenvalue weighted by Crippen LogP contribution is 2.39. The lowest BCUT2D eigenvalue weighted by Gasteiger charge is -2.43. The molecule has 20 heavy (non-hydrogen) atoms. The Morgan fingerprint density at radius 1 is 1.25 bits per heavy atom. The van der Waals surface area contributed by atoms with Crippen LogP contribution in [0, 0.1) is 11.3 Å². The molecule has 0 amide bonds. The number of nitrogens with one attached hydrogen (secondary N) is 1. The van der Waals surface area contributed by atoms with E-state index in [0.29, 0.717) is 5.41 Å². The first-order valence-electron chi connectivity index (χ1n) is 8.19. The molecule has 0 unspecified atom stereocenters. The Balaban J connectivity index is 2.59. The van der Waals surface area contributed by atoms with Crippen molar-refractivity contribution in [3.05, 3.63) is 0 Å². The van der Waals surface area contributed by atoms with Crippen molar-refractivity contribution in [3.8, 4) is 0 Å². The Bertz CT molecular complexity index is 265. The van der Waals surface area contributed by atoms with Gasteiger partial charge in [-0.25, -0.2) is 0 Å². The molecular weight excluding hydrogens is 248 g/mol. The van der Waals surface area contributed by atoms with Crippen LogP contribution in [-0.4, -0.2) is 50.8 Å². The summed E-state index contributed by atoms with van der Waals surface area (Å²) < 4.78 is 5.21. The molecule has 0 aromatic rings. The van der Waals surface area contributed by atoms with Gasteiger partial charge in [0.2, 0.25) is 0 Å². The maximum Gasteiger partial charge on any atom is 0.0589 e. The second kappa shape index (κ2) is 7.77. The van der Waals surface area contributed by atoms with Crippen molar-refractivity contribution in [1.29, 1.82) is 0 Å². The lowest BCUT2D eigenvalue weighted by Crippen LogP contribution is -2.50. The van der Waals surface area contributed by atoms with Gasteiger partial charge in [0.25, 0.3) is 0 Å². The van der Waals surface area contributed by atoms with Crippen molar-refractivity contribution in [1.82, 2.24) is 10.2 Å². The number of hydrogen-bond acceptors (Lipinski definition) is 3. The number of nitrogens with zero attached hydrogens (tertiary/aromatic N) is 1. The molecule has 1 fully saturated rings. The highest BCUT2D eigenvalue weighted by molar-refractivity contribution is 4.90. The van der Waals surface area contributed by atoms with Crippen LogP contribution in [-0.2, 0) is 4.74 Å². The molecular formula is C17H36N2O. The van der Waals surface area contributed by atoms with Gasteiger partial charge in [-0.3, -0.25) is 0 Å². The Kier molecular flexibility index (Phi) is 6.96. The Hall–Kier alpha value is -0.120. The normalized spacial score (nSPS) is 28.1. The second-order valence-corrected chi connectivity index (χ2v) is 8.02. The van der Waals surface area contributed by atoms with Crippen LogP contribution in [0.15, 0.2) is 0 Å². The van der Waals surface area contributed by atoms with Gasteiger partial charge >= 0.3 is 0 Å². The van der Waals surface area contributed by atoms with E-state index in [0.717, 1.165) is 25.6 Å². The molecule has 0 spiro atoms. The average molecular weight is 284 g/mol. The van der Waals surface area contributed by atoms with Crippen molar-refractivity contribution in [2.24, 2.45) is 11.3 Å². The maximum atomic E-state index is 5.21. The van der Waals surface area contributed by atoms with Crippen LogP contribution < -0.4 is 5.32 Å². The van der Waals surface area contributed by atoms with E-state index in [9.17, 15) is 0 Å². The largest absolute Gasteiger partial charge is 0.383 e. The Morgan fingerprint density at radius 2 is 1.85 bits per heavy atom. The van der Waals surface area contributed by atoms with E-state index in [1.807, 2.05) is 0 Å². The molecule has 120 valence electrons. The van der Waals surface area contributed by atoms with E-state index in [2.05, 4.69) is 45.0 Å². The molecule has 0 aliphatic heterocycles. The van der Waals surface area contributed by atoms with Crippen LogP contribution in [0.5, 0.6) is 0 Å². The summed E-state index contributed by atoms with van der Waals surface area (Å²) in [5.74, 6) is 0.905. The van der Waals surface area contributed by atoms with Crippen molar-refractivity contribution in [2.45, 2.75) is 58.9 Å². The van der Waals surface area contributed by atoms with Crippen LogP contribution in [0.25, 0.3) is 0 Å². The second-order valence-electron chi connectivity index (χ2n) is 8.02. The van der Waals surface area contributed by atoms with Gasteiger partial charge in [0.05, 0.1) is 6.61 Å². The van der Waals surface area contributed by atoms with Crippen LogP contribution in [0.3, 0.4) is 0 Å². The van der Waals surface area contributed by atoms with E-state index in [1.54, 1.807) is 7.11 Å². The number of hydrogen-bond donors (Lipinski definition) is 1. The zero-order chi connectivity index (χ0) is 15.2. The molecule has 3 heteroatoms. The molecule has 3 nitrogen and oxygen atoms in total. The molecule has 0 aromatic carbocycles. The lowest BCUT2D eigenvalue weighted by molar-refractivity contribution is 0.0763. The third-order valence-electron chi connectivity index (χ3n) is 4.61. The number of rotatable bonds is 7. The predicted octanol–water partition coefficient (Wildman–Crippen LogP) is 3.15. The minimum absolute atomic E-state index is 0.209. The summed E-state index contributed by atoms with van der Waals surface area (Å²) in [6, 6.07) is 0. The molecule has 0 bridgehead atoms. The highest BCUT2D eigenvalue weighted by Gasteiger charge is 2.35. The van der Waals surface area contributed by atoms with Crippen LogP contribution in [0.4, 0.5) is 0 Å². The van der Waals surface area contributed by atoms with Gasteiger partial charge in [0, 0.05) is 32.3 Å². The maximum absolute atomic E-state index is 5.21. The molecule has 1 aliphatic rings. The van der Waals surface area contributed by atoms with E-state index in [-0.39, 0.29) is 5.54 Å². The first kappa shape index (κ1) is 17.9. The minimum Gasteiger partial charge on any atom is -0.383 e. The van der Waals surface area contributed by atoms with Crippen molar-refractivity contribution in [2.75, 3.05) is 40.4 Å². The molecule has 0 radical (unpaired) electrons. The first-order chi connectivity index (χ1) is 9.26. The smallest absolute Gasteiger partial charge is 0.0589 e. The van der Waals surface area contributed by atoms with Gasteiger partial charge in [-0.2, -0.15) is 0 Å². The van der Waals surface area contributed by atoms with Crippen molar-refractivity contribution in [3.63, 3.8) is 0 Å². The summed E-state index contributed by atoms with van der Waals surface area (Å²) in [5, 5.41) is 3.75. The topological polar surface area (TPSA) is 24.5 Å². The van der Waals surface area contributed by atoms with Crippen LogP contribution in [0.1, 0.15) is 53.4 Å². The van der Waals surface area contributed by atoms with E-state index >= 15 is 0 Å². The van der Waals surface area contributed by atoms with Crippen LogP contribution in [0.2, 0.25) is 0 Å². The summed E-state index contributed by atoms with van der Waals surface area (Å²) >= 11 is 0. The van der Waals surface area contributed by atoms with Gasteiger partial charge in [0.15, 0.2) is 0 Å². The average Bonchev–Trinajstić information content (AvgIpc) is 2.37. The summed E-state index contributed by atoms with van der Waals surface area (Å²) in [7, 11) is 4.02. The SMILES string of the molecule is COCCN(C)CC1(CNC(C)(C)C)CCC(C)CC1. The molecule has 1 rings (SSSR count). The molecule has 1 saturated carbocycles. The standard InChI is InChI=1S/C17H36N2O/c1-15-7-9-17(10-8-15,13-18-16(2,3)4)14-19(5)11-12-20-6/h15,18H,7-14H2,1-6H3. The Morgan fingerprint density at radius 3 is 2.35 bits per heavy atom. The molecule has 1 N–H and O–H groups in total. The summed E-state index contributed by atoms with van der Waals surface area (Å²) in [5.41, 5.74) is 0.656. The lowest BCUT2D eigenvalue weighted by atomic mass is 9.70. The van der Waals surface area contributed by atoms with Gasteiger partial charge in [-0.05, 0) is 52.0 Å². The van der Waals surface area contributed by atoms with E-state index < -0.39 is 0 Å². The quantitative estimate of drug-likeness (QED) is 0.777. The van der Waals surface area contributed by atoms with Gasteiger partial charge < -0.3 is 15.0 Å². The minimum atomic E-state index is 0.209. The zero-order valence-corrected chi connectivity index (χ0v) is 14.6. The molecule has 0 atom stereocenters. The molecule has 1 aliphatic carbocycles. The third kappa shape index (κ3) is 6.55. The zero-order valence-electron chi connectivity index (χ0n) is 14.6. The Labute approximate surface area is 126 Å². The number of ether oxygens (including phenoxy) is 1. The van der Waals surface area contributed by atoms with Crippen LogP contribution >= 0.6 is 0 Å². The fourth-order valence-corrected chi connectivity index (χ4v) is 3.12. The summed E-state index contributed by atoms with van der Waals surface area (Å²) in [4.78, 5) is 2.45. The monoisotopic (exact) mass is 284 g/mol. The van der Waals surface area contributed by atoms with Gasteiger partial charge in [0.1, 0.15) is 0 Å².